The fourth-order valence-electron chi connectivity index (χ4n) is 2.25. The number of nitrogens with one attached hydrogen (secondary N) is 1. The van der Waals surface area contributed by atoms with Gasteiger partial charge in [0.2, 0.25) is 0 Å². The van der Waals surface area contributed by atoms with Gasteiger partial charge >= 0.3 is 12.5 Å². The first-order valence-corrected chi connectivity index (χ1v) is 8.54. The van der Waals surface area contributed by atoms with Crippen LogP contribution in [0.1, 0.15) is 5.69 Å². The molecule has 148 valence electrons. The van der Waals surface area contributed by atoms with Crippen LogP contribution in [0.5, 0.6) is 5.75 Å². The summed E-state index contributed by atoms with van der Waals surface area (Å²) in [4.78, 5) is 7.10. The fourth-order valence-corrected chi connectivity index (χ4v) is 3.06. The van der Waals surface area contributed by atoms with Gasteiger partial charge in [-0.15, -0.1) is 13.2 Å². The SMILES string of the molecule is [O-][S+](Nc1cc(OC(F)(F)F)cc2cccnc12)c1ccc(C(F)(F)F)nc1. The van der Waals surface area contributed by atoms with Gasteiger partial charge in [0.05, 0.1) is 11.7 Å². The van der Waals surface area contributed by atoms with Gasteiger partial charge < -0.3 is 9.29 Å². The number of benzene rings is 1. The molecular weight excluding hydrogens is 412 g/mol. The van der Waals surface area contributed by atoms with Crippen molar-refractivity contribution in [1.29, 1.82) is 0 Å². The minimum Gasteiger partial charge on any atom is -0.588 e. The summed E-state index contributed by atoms with van der Waals surface area (Å²) in [6.07, 6.45) is -7.46. The Labute approximate surface area is 156 Å². The zero-order chi connectivity index (χ0) is 20.5. The van der Waals surface area contributed by atoms with E-state index in [1.807, 2.05) is 0 Å². The Morgan fingerprint density at radius 2 is 1.75 bits per heavy atom. The minimum absolute atomic E-state index is 0.0596. The van der Waals surface area contributed by atoms with E-state index in [4.69, 9.17) is 0 Å². The first kappa shape index (κ1) is 20.0. The lowest BCUT2D eigenvalue weighted by molar-refractivity contribution is -0.274. The van der Waals surface area contributed by atoms with Crippen molar-refractivity contribution in [3.05, 3.63) is 54.5 Å². The quantitative estimate of drug-likeness (QED) is 0.489. The van der Waals surface area contributed by atoms with Gasteiger partial charge in [-0.1, -0.05) is 6.07 Å². The molecule has 12 heteroatoms. The van der Waals surface area contributed by atoms with Gasteiger partial charge in [-0.25, -0.2) is 9.71 Å². The molecule has 28 heavy (non-hydrogen) atoms. The molecule has 0 amide bonds. The number of alkyl halides is 6. The maximum atomic E-state index is 12.6. The van der Waals surface area contributed by atoms with Crippen LogP contribution in [0.25, 0.3) is 10.9 Å². The molecule has 1 N–H and O–H groups in total. The first-order valence-electron chi connectivity index (χ1n) is 7.39. The molecule has 0 saturated carbocycles. The smallest absolute Gasteiger partial charge is 0.573 e. The second-order valence-electron chi connectivity index (χ2n) is 5.34. The van der Waals surface area contributed by atoms with Gasteiger partial charge in [-0.3, -0.25) is 4.98 Å². The molecule has 1 aromatic carbocycles. The number of fused-ring (bicyclic) bond motifs is 1. The number of anilines is 1. The van der Waals surface area contributed by atoms with Gasteiger partial charge in [0.15, 0.2) is 4.90 Å². The van der Waals surface area contributed by atoms with Crippen LogP contribution < -0.4 is 9.46 Å². The van der Waals surface area contributed by atoms with E-state index in [2.05, 4.69) is 19.4 Å². The lowest BCUT2D eigenvalue weighted by Gasteiger charge is -2.15. The van der Waals surface area contributed by atoms with Crippen molar-refractivity contribution in [3.63, 3.8) is 0 Å². The van der Waals surface area contributed by atoms with Crippen molar-refractivity contribution in [3.8, 4) is 5.75 Å². The normalized spacial score (nSPS) is 13.4. The molecule has 0 aliphatic rings. The standard InChI is InChI=1S/C16H9F6N3O2S/c17-15(18,19)13-4-3-11(8-24-13)28(26)25-12-7-10(27-16(20,21)22)6-9-2-1-5-23-14(9)12/h1-8,25H. The molecule has 5 nitrogen and oxygen atoms in total. The maximum absolute atomic E-state index is 12.6. The van der Waals surface area contributed by atoms with Crippen molar-refractivity contribution in [1.82, 2.24) is 9.97 Å². The van der Waals surface area contributed by atoms with Gasteiger partial charge in [0.1, 0.15) is 28.5 Å². The number of ether oxygens (including phenoxy) is 1. The van der Waals surface area contributed by atoms with E-state index in [9.17, 15) is 30.9 Å². The summed E-state index contributed by atoms with van der Waals surface area (Å²) >= 11 is -2.11. The minimum atomic E-state index is -4.94. The van der Waals surface area contributed by atoms with Crippen LogP contribution in [-0.4, -0.2) is 20.9 Å². The molecule has 0 bridgehead atoms. The average molecular weight is 421 g/mol. The third-order valence-corrected chi connectivity index (χ3v) is 4.43. The number of rotatable bonds is 4. The average Bonchev–Trinajstić information content (AvgIpc) is 2.59. The van der Waals surface area contributed by atoms with Gasteiger partial charge in [0.25, 0.3) is 0 Å². The zero-order valence-corrected chi connectivity index (χ0v) is 14.3. The van der Waals surface area contributed by atoms with Crippen LogP contribution >= 0.6 is 0 Å². The number of nitrogens with zero attached hydrogens (tertiary/aromatic N) is 2. The summed E-state index contributed by atoms with van der Waals surface area (Å²) in [5.74, 6) is -0.571. The zero-order valence-electron chi connectivity index (χ0n) is 13.5. The predicted octanol–water partition coefficient (Wildman–Crippen LogP) is 4.68. The molecule has 0 fully saturated rings. The summed E-state index contributed by atoms with van der Waals surface area (Å²) in [5, 5.41) is 0.272. The Bertz CT molecular complexity index is 979. The van der Waals surface area contributed by atoms with E-state index in [1.54, 1.807) is 0 Å². The number of pyridine rings is 2. The highest BCUT2D eigenvalue weighted by Gasteiger charge is 2.33. The number of halogens is 6. The monoisotopic (exact) mass is 421 g/mol. The molecular formula is C16H9F6N3O2S. The molecule has 3 rings (SSSR count). The van der Waals surface area contributed by atoms with Gasteiger partial charge in [0, 0.05) is 17.6 Å². The van der Waals surface area contributed by atoms with E-state index in [-0.39, 0.29) is 21.5 Å². The van der Waals surface area contributed by atoms with Crippen molar-refractivity contribution >= 4 is 28.0 Å². The molecule has 0 aliphatic carbocycles. The second-order valence-corrected chi connectivity index (χ2v) is 6.55. The van der Waals surface area contributed by atoms with E-state index in [0.717, 1.165) is 24.4 Å². The van der Waals surface area contributed by atoms with Crippen molar-refractivity contribution in [2.75, 3.05) is 4.72 Å². The molecule has 1 unspecified atom stereocenters. The number of hydrogen-bond donors (Lipinski definition) is 1. The summed E-state index contributed by atoms with van der Waals surface area (Å²) in [7, 11) is 0. The van der Waals surface area contributed by atoms with Crippen molar-refractivity contribution in [2.24, 2.45) is 0 Å². The largest absolute Gasteiger partial charge is 0.588 e. The Morgan fingerprint density at radius 3 is 2.36 bits per heavy atom. The number of aromatic nitrogens is 2. The highest BCUT2D eigenvalue weighted by molar-refractivity contribution is 7.92. The summed E-state index contributed by atoms with van der Waals surface area (Å²) in [6, 6.07) is 6.60. The van der Waals surface area contributed by atoms with Crippen LogP contribution in [0.3, 0.4) is 0 Å². The lowest BCUT2D eigenvalue weighted by atomic mass is 10.2. The molecule has 2 heterocycles. The Kier molecular flexibility index (Phi) is 5.26. The predicted molar refractivity (Wildman–Crippen MR) is 87.7 cm³/mol. The molecule has 0 saturated heterocycles. The topological polar surface area (TPSA) is 70.1 Å². The Balaban J connectivity index is 1.92. The van der Waals surface area contributed by atoms with Crippen LogP contribution in [-0.2, 0) is 17.5 Å². The summed E-state index contributed by atoms with van der Waals surface area (Å²) in [5.41, 5.74) is -1.03. The lowest BCUT2D eigenvalue weighted by Crippen LogP contribution is -2.18. The van der Waals surface area contributed by atoms with Gasteiger partial charge in [-0.05, 0) is 24.3 Å². The van der Waals surface area contributed by atoms with E-state index in [0.29, 0.717) is 6.07 Å². The van der Waals surface area contributed by atoms with E-state index < -0.39 is 35.3 Å². The van der Waals surface area contributed by atoms with Crippen LogP contribution in [0, 0.1) is 0 Å². The highest BCUT2D eigenvalue weighted by Crippen LogP contribution is 2.33. The molecule has 0 aliphatic heterocycles. The third kappa shape index (κ3) is 4.75. The maximum Gasteiger partial charge on any atom is 0.573 e. The molecule has 0 spiro atoms. The van der Waals surface area contributed by atoms with Crippen molar-refractivity contribution in [2.45, 2.75) is 17.4 Å². The van der Waals surface area contributed by atoms with Crippen molar-refractivity contribution < 1.29 is 35.6 Å². The molecule has 1 atom stereocenters. The summed E-state index contributed by atoms with van der Waals surface area (Å²) < 4.78 is 93.9. The number of hydrogen-bond acceptors (Lipinski definition) is 5. The van der Waals surface area contributed by atoms with E-state index in [1.165, 1.54) is 18.3 Å². The molecule has 2 aromatic heterocycles. The van der Waals surface area contributed by atoms with Crippen LogP contribution in [0.15, 0.2) is 53.7 Å². The Morgan fingerprint density at radius 1 is 1.00 bits per heavy atom. The molecule has 0 radical (unpaired) electrons. The first-order chi connectivity index (χ1) is 13.0. The fraction of sp³-hybridized carbons (Fsp3) is 0.125. The van der Waals surface area contributed by atoms with Crippen LogP contribution in [0.4, 0.5) is 32.0 Å². The Hall–Kier alpha value is -2.73. The third-order valence-electron chi connectivity index (χ3n) is 3.36. The van der Waals surface area contributed by atoms with Gasteiger partial charge in [-0.2, -0.15) is 13.2 Å². The molecule has 3 aromatic rings. The van der Waals surface area contributed by atoms with E-state index >= 15 is 0 Å². The summed E-state index contributed by atoms with van der Waals surface area (Å²) in [6.45, 7) is 0. The second kappa shape index (κ2) is 7.36. The van der Waals surface area contributed by atoms with Crippen LogP contribution in [0.2, 0.25) is 0 Å². The highest BCUT2D eigenvalue weighted by atomic mass is 32.2.